The van der Waals surface area contributed by atoms with Crippen molar-refractivity contribution in [3.05, 3.63) is 65.7 Å². The fourth-order valence-electron chi connectivity index (χ4n) is 15.3. The first-order chi connectivity index (χ1) is 50.9. The Hall–Kier alpha value is -7.43. The van der Waals surface area contributed by atoms with Gasteiger partial charge in [0, 0.05) is 71.4 Å². The van der Waals surface area contributed by atoms with Crippen LogP contribution in [0.3, 0.4) is 0 Å². The molecule has 2 aromatic rings. The van der Waals surface area contributed by atoms with Gasteiger partial charge in [0.15, 0.2) is 0 Å². The molecule has 0 radical (unpaired) electrons. The van der Waals surface area contributed by atoms with Crippen LogP contribution in [0.25, 0.3) is 0 Å². The maximum atomic E-state index is 14.8. The molecule has 2 heterocycles. The highest BCUT2D eigenvalue weighted by Crippen LogP contribution is 2.36. The zero-order valence-electron chi connectivity index (χ0n) is 67.6. The van der Waals surface area contributed by atoms with Gasteiger partial charge in [-0.3, -0.25) is 53.0 Å². The lowest BCUT2D eigenvalue weighted by atomic mass is 9.78. The molecule has 0 aromatic heterocycles. The zero-order chi connectivity index (χ0) is 80.8. The molecule has 1 unspecified atom stereocenters. The molecule has 0 bridgehead atoms. The van der Waals surface area contributed by atoms with Crippen LogP contribution in [0.4, 0.5) is 23.7 Å². The number of amides is 11. The number of nitrogens with two attached hydrogens (primary N) is 1. The lowest BCUT2D eigenvalue weighted by Gasteiger charge is -2.42. The van der Waals surface area contributed by atoms with Crippen molar-refractivity contribution in [3.63, 3.8) is 0 Å². The molecule has 11 amide bonds. The molecule has 610 valence electrons. The molecule has 14 atom stereocenters. The van der Waals surface area contributed by atoms with Crippen molar-refractivity contribution in [2.45, 2.75) is 278 Å². The Bertz CT molecular complexity index is 3160. The third-order valence-corrected chi connectivity index (χ3v) is 21.6. The molecule has 10 N–H and O–H groups in total. The number of likely N-dealkylation sites (tertiary alicyclic amines) is 2. The van der Waals surface area contributed by atoms with Crippen LogP contribution in [0.5, 0.6) is 0 Å². The monoisotopic (exact) mass is 1520 g/mol. The largest absolute Gasteiger partial charge is 0.404 e. The number of anilines is 1. The molecule has 2 fully saturated rings. The molecule has 2 aromatic carbocycles. The highest BCUT2D eigenvalue weighted by atomic mass is 19.4. The number of halogens is 3. The number of nitrogens with zero attached hydrogens (tertiary/aromatic N) is 4. The molecule has 2 saturated heterocycles. The number of methoxy groups -OCH3 is 2. The Labute approximate surface area is 640 Å². The topological polar surface area (TPSA) is 324 Å². The zero-order valence-corrected chi connectivity index (χ0v) is 67.6. The molecule has 25 nitrogen and oxygen atoms in total. The van der Waals surface area contributed by atoms with Gasteiger partial charge in [-0.05, 0) is 138 Å². The first-order valence-corrected chi connectivity index (χ1v) is 39.3. The van der Waals surface area contributed by atoms with Crippen LogP contribution in [-0.2, 0) is 65.6 Å². The Morgan fingerprint density at radius 3 is 1.91 bits per heavy atom. The van der Waals surface area contributed by atoms with Gasteiger partial charge in [-0.15, -0.1) is 0 Å². The molecule has 4 rings (SSSR count). The molecular formula is C80H132F3N13O12. The van der Waals surface area contributed by atoms with Crippen molar-refractivity contribution < 1.29 is 70.6 Å². The number of unbranched alkanes of at least 4 members (excludes halogenated alkanes) is 3. The predicted molar refractivity (Wildman–Crippen MR) is 413 cm³/mol. The number of benzene rings is 2. The van der Waals surface area contributed by atoms with Gasteiger partial charge < -0.3 is 67.5 Å². The molecule has 2 aliphatic heterocycles. The smallest absolute Gasteiger partial charge is 0.379 e. The molecular weight excluding hydrogens is 1390 g/mol. The minimum absolute atomic E-state index is 0.0111. The fourth-order valence-corrected chi connectivity index (χ4v) is 15.3. The minimum atomic E-state index is -4.60. The number of carbonyl (C=O) groups excluding carboxylic acids is 10. The quantitative estimate of drug-likeness (QED) is 0.0280. The van der Waals surface area contributed by atoms with E-state index >= 15 is 0 Å². The van der Waals surface area contributed by atoms with Crippen LogP contribution in [-0.4, -0.2) is 213 Å². The van der Waals surface area contributed by atoms with Crippen molar-refractivity contribution in [1.29, 1.82) is 0 Å². The lowest BCUT2D eigenvalue weighted by molar-refractivity contribution is -0.196. The van der Waals surface area contributed by atoms with Crippen LogP contribution < -0.4 is 48.3 Å². The van der Waals surface area contributed by atoms with Crippen LogP contribution >= 0.6 is 0 Å². The van der Waals surface area contributed by atoms with Crippen molar-refractivity contribution in [2.24, 2.45) is 40.7 Å². The molecule has 0 aliphatic carbocycles. The number of primary amides is 1. The second-order valence-electron chi connectivity index (χ2n) is 31.5. The number of alkyl halides is 3. The van der Waals surface area contributed by atoms with E-state index in [9.17, 15) is 61.1 Å². The Balaban J connectivity index is 1.43. The Morgan fingerprint density at radius 2 is 1.32 bits per heavy atom. The fraction of sp³-hybridized carbons (Fsp3) is 0.725. The average Bonchev–Trinajstić information content (AvgIpc) is 1.04. The summed E-state index contributed by atoms with van der Waals surface area (Å²) in [7, 11) is 8.53. The number of nitrogens with one attached hydrogen (secondary N) is 8. The Morgan fingerprint density at radius 1 is 0.667 bits per heavy atom. The van der Waals surface area contributed by atoms with Crippen molar-refractivity contribution >= 4 is 64.9 Å². The molecule has 108 heavy (non-hydrogen) atoms. The van der Waals surface area contributed by atoms with E-state index in [2.05, 4.69) is 63.3 Å². The normalized spacial score (nSPS) is 18.8. The van der Waals surface area contributed by atoms with Crippen molar-refractivity contribution in [1.82, 2.24) is 56.8 Å². The highest BCUT2D eigenvalue weighted by molar-refractivity contribution is 5.98. The van der Waals surface area contributed by atoms with Gasteiger partial charge in [0.1, 0.15) is 30.2 Å². The summed E-state index contributed by atoms with van der Waals surface area (Å²) in [6, 6.07) is 7.11. The van der Waals surface area contributed by atoms with Crippen molar-refractivity contribution in [3.8, 4) is 0 Å². The number of hydrogen-bond donors (Lipinski definition) is 9. The lowest BCUT2D eigenvalue weighted by Crippen LogP contribution is -2.60. The Kier molecular flexibility index (Phi) is 39.3. The molecule has 28 heteroatoms. The third-order valence-electron chi connectivity index (χ3n) is 21.6. The van der Waals surface area contributed by atoms with E-state index in [0.29, 0.717) is 43.5 Å². The number of ether oxygens (including phenoxy) is 2. The molecule has 0 spiro atoms. The van der Waals surface area contributed by atoms with Gasteiger partial charge in [-0.2, -0.15) is 13.2 Å². The van der Waals surface area contributed by atoms with E-state index in [0.717, 1.165) is 44.1 Å². The average molecular weight is 1530 g/mol. The maximum absolute atomic E-state index is 14.8. The first kappa shape index (κ1) is 93.0. The van der Waals surface area contributed by atoms with E-state index in [1.54, 1.807) is 61.9 Å². The van der Waals surface area contributed by atoms with Crippen LogP contribution in [0.2, 0.25) is 0 Å². The number of urea groups is 1. The highest BCUT2D eigenvalue weighted by Gasteiger charge is 2.49. The minimum Gasteiger partial charge on any atom is -0.379 e. The second-order valence-corrected chi connectivity index (χ2v) is 31.5. The summed E-state index contributed by atoms with van der Waals surface area (Å²) in [5, 5.41) is 22.6. The third kappa shape index (κ3) is 29.1. The summed E-state index contributed by atoms with van der Waals surface area (Å²) < 4.78 is 55.4. The summed E-state index contributed by atoms with van der Waals surface area (Å²) in [6.07, 6.45) is 2.34. The van der Waals surface area contributed by atoms with E-state index in [4.69, 9.17) is 15.2 Å². The predicted octanol–water partition coefficient (Wildman–Crippen LogP) is 8.76. The van der Waals surface area contributed by atoms with Crippen LogP contribution in [0.15, 0.2) is 54.6 Å². The van der Waals surface area contributed by atoms with E-state index < -0.39 is 132 Å². The number of hydrogen-bond acceptors (Lipinski definition) is 14. The first-order valence-electron chi connectivity index (χ1n) is 39.3. The number of carbonyl (C=O) groups is 10. The van der Waals surface area contributed by atoms with Gasteiger partial charge in [-0.1, -0.05) is 157 Å². The second kappa shape index (κ2) is 45.7. The van der Waals surface area contributed by atoms with Crippen LogP contribution in [0.1, 0.15) is 203 Å². The van der Waals surface area contributed by atoms with E-state index in [1.165, 1.54) is 19.1 Å². The van der Waals surface area contributed by atoms with Crippen LogP contribution in [0, 0.1) is 35.0 Å². The summed E-state index contributed by atoms with van der Waals surface area (Å²) in [5.41, 5.74) is 6.64. The van der Waals surface area contributed by atoms with Crippen molar-refractivity contribution in [2.75, 3.05) is 66.9 Å². The van der Waals surface area contributed by atoms with Gasteiger partial charge in [0.2, 0.25) is 53.2 Å². The standard InChI is InChI=1S/C80H132F3N13O12/c1-18-21-22-26-41-79(11,12)70(93(13)14)76(104)92-67(51(6)7)77(105)94(15)68(52(8)20-3)62(107-16)48-65(98)96-44-28-34-61(96)69(108-17)54(10)71(99)90-60(46-55-31-24-23-25-32-55)73(101)86-49-56-36-38-58(39-37-56)88-74(102)59(33-27-42-85-78(84)106)89-75(103)66(50(4)5)91-64(97)35-29-43-95-45-40-57(47-63(95)80(81,82)83)72(100)87-53(9)30-19-2/h23-25,31-32,36-39,50-54,57,59-63,66-70H,18-22,26-30,33-35,40-49H2,1-17H3,(H,86,101)(H,87,100)(H,88,102)(H,89,103)(H,90,99)(H,91,97)(H,92,104)(H3,84,85,106)/t52-,53?,54+,57-,59-,60-,61-,62+,63+,66-,67-,68-,69+,70+/m0/s1. The summed E-state index contributed by atoms with van der Waals surface area (Å²) in [4.78, 5) is 145. The summed E-state index contributed by atoms with van der Waals surface area (Å²) in [6.45, 7) is 23.5. The number of rotatable bonds is 46. The van der Waals surface area contributed by atoms with E-state index in [1.807, 2.05) is 90.9 Å². The molecule has 0 saturated carbocycles. The van der Waals surface area contributed by atoms with Gasteiger partial charge in [-0.25, -0.2) is 4.79 Å². The summed E-state index contributed by atoms with van der Waals surface area (Å²) in [5.74, 6) is -6.53. The maximum Gasteiger partial charge on any atom is 0.404 e. The van der Waals surface area contributed by atoms with Gasteiger partial charge >= 0.3 is 12.2 Å². The SMILES string of the molecule is CCCCCCC(C)(C)[C@@H](C(=O)N[C@H](C(=O)N(C)[C@@H]([C@@H](C)CC)[C@@H](CC(=O)N1CCC[C@H]1[C@H](OC)[C@@H](C)C(=O)N[C@@H](Cc1ccccc1)C(=O)NCc1ccc(NC(=O)[C@H](CCCNC(N)=O)NC(=O)[C@@H](NC(=O)CCCN2CC[C@H](C(=O)NC(C)CCC)C[C@@H]2C(F)(F)F)C(C)C)cc1)OC)C(C)C)N(C)C. The number of piperidine rings is 1. The van der Waals surface area contributed by atoms with Gasteiger partial charge in [0.25, 0.3) is 0 Å². The van der Waals surface area contributed by atoms with E-state index in [-0.39, 0.29) is 112 Å². The number of likely N-dealkylation sites (N-methyl/N-ethyl adjacent to an activating group) is 2. The van der Waals surface area contributed by atoms with Gasteiger partial charge in [0.05, 0.1) is 42.7 Å². The molecule has 2 aliphatic rings. The summed E-state index contributed by atoms with van der Waals surface area (Å²) >= 11 is 0.